The summed E-state index contributed by atoms with van der Waals surface area (Å²) in [5.41, 5.74) is 1.03. The van der Waals surface area contributed by atoms with Crippen LogP contribution < -0.4 is 4.74 Å². The molecule has 0 fully saturated rings. The van der Waals surface area contributed by atoms with E-state index in [1.807, 2.05) is 55.8 Å². The van der Waals surface area contributed by atoms with E-state index in [9.17, 15) is 0 Å². The zero-order valence-corrected chi connectivity index (χ0v) is 8.29. The molecular weight excluding hydrogens is 155 g/mol. The number of rotatable bonds is 2. The summed E-state index contributed by atoms with van der Waals surface area (Å²) < 4.78 is 8.35. The van der Waals surface area contributed by atoms with Crippen LogP contribution in [0.25, 0.3) is 0 Å². The second kappa shape index (κ2) is 5.03. The van der Waals surface area contributed by atoms with Crippen LogP contribution >= 0.6 is 0 Å². The van der Waals surface area contributed by atoms with Gasteiger partial charge >= 0.3 is 88.5 Å². The van der Waals surface area contributed by atoms with Gasteiger partial charge in [-0.3, -0.25) is 0 Å². The SMILES string of the molecule is [Li][C]#Cc1ccc(OC(C)C)cc1. The van der Waals surface area contributed by atoms with Crippen LogP contribution in [-0.2, 0) is 0 Å². The van der Waals surface area contributed by atoms with Crippen molar-refractivity contribution < 1.29 is 4.74 Å². The quantitative estimate of drug-likeness (QED) is 0.482. The van der Waals surface area contributed by atoms with Gasteiger partial charge in [0.05, 0.1) is 0 Å². The first-order valence-electron chi connectivity index (χ1n) is 4.42. The number of hydrogen-bond donors (Lipinski definition) is 0. The third kappa shape index (κ3) is 3.60. The minimum absolute atomic E-state index is 0.225. The van der Waals surface area contributed by atoms with Gasteiger partial charge in [0.2, 0.25) is 0 Å². The topological polar surface area (TPSA) is 9.23 Å². The molecule has 0 atom stereocenters. The van der Waals surface area contributed by atoms with Crippen molar-refractivity contribution in [2.45, 2.75) is 20.0 Å². The van der Waals surface area contributed by atoms with Crippen LogP contribution in [0, 0.1) is 10.5 Å². The molecule has 2 heteroatoms. The Morgan fingerprint density at radius 3 is 2.31 bits per heavy atom. The van der Waals surface area contributed by atoms with Gasteiger partial charge in [-0.25, -0.2) is 0 Å². The molecule has 0 spiro atoms. The number of ether oxygens (including phenoxy) is 1. The molecule has 0 bridgehead atoms. The predicted molar refractivity (Wildman–Crippen MR) is 54.8 cm³/mol. The average Bonchev–Trinajstić information content (AvgIpc) is 2.08. The van der Waals surface area contributed by atoms with Gasteiger partial charge in [0.15, 0.2) is 0 Å². The van der Waals surface area contributed by atoms with E-state index in [0.717, 1.165) is 11.3 Å². The Kier molecular flexibility index (Phi) is 3.97. The van der Waals surface area contributed by atoms with Gasteiger partial charge in [-0.1, -0.05) is 0 Å². The summed E-state index contributed by atoms with van der Waals surface area (Å²) >= 11 is 1.83. The zero-order valence-electron chi connectivity index (χ0n) is 8.29. The Morgan fingerprint density at radius 1 is 1.23 bits per heavy atom. The summed E-state index contributed by atoms with van der Waals surface area (Å²) in [5, 5.41) is 0. The van der Waals surface area contributed by atoms with Gasteiger partial charge in [-0.15, -0.1) is 0 Å². The van der Waals surface area contributed by atoms with E-state index in [1.54, 1.807) is 0 Å². The molecule has 0 heterocycles. The van der Waals surface area contributed by atoms with E-state index in [4.69, 9.17) is 4.74 Å². The zero-order chi connectivity index (χ0) is 9.68. The van der Waals surface area contributed by atoms with Gasteiger partial charge < -0.3 is 0 Å². The van der Waals surface area contributed by atoms with Crippen LogP contribution in [0.5, 0.6) is 5.75 Å². The molecule has 1 aromatic rings. The van der Waals surface area contributed by atoms with Gasteiger partial charge in [-0.05, 0) is 0 Å². The molecule has 1 aromatic carbocycles. The van der Waals surface area contributed by atoms with Crippen LogP contribution in [0.15, 0.2) is 24.3 Å². The van der Waals surface area contributed by atoms with Crippen molar-refractivity contribution >= 4 is 17.7 Å². The normalized spacial score (nSPS) is 9.31. The molecule has 13 heavy (non-hydrogen) atoms. The maximum atomic E-state index is 5.50. The van der Waals surface area contributed by atoms with Gasteiger partial charge in [0.25, 0.3) is 0 Å². The molecule has 0 aromatic heterocycles. The number of hydrogen-bond acceptors (Lipinski definition) is 1. The Balaban J connectivity index is 2.73. The Labute approximate surface area is 88.7 Å². The second-order valence-electron chi connectivity index (χ2n) is 3.07. The van der Waals surface area contributed by atoms with Crippen LogP contribution in [-0.4, -0.2) is 23.8 Å². The minimum atomic E-state index is 0.225. The van der Waals surface area contributed by atoms with E-state index in [1.165, 1.54) is 0 Å². The summed E-state index contributed by atoms with van der Waals surface area (Å²) in [4.78, 5) is 0. The van der Waals surface area contributed by atoms with Crippen LogP contribution in [0.3, 0.4) is 0 Å². The molecule has 1 rings (SSSR count). The Hall–Kier alpha value is -0.823. The summed E-state index contributed by atoms with van der Waals surface area (Å²) in [5.74, 6) is 3.88. The molecule has 0 radical (unpaired) electrons. The Bertz CT molecular complexity index is 316. The van der Waals surface area contributed by atoms with Gasteiger partial charge in [0.1, 0.15) is 0 Å². The van der Waals surface area contributed by atoms with Crippen molar-refractivity contribution in [1.82, 2.24) is 0 Å². The van der Waals surface area contributed by atoms with E-state index in [0.29, 0.717) is 0 Å². The molecule has 0 aliphatic carbocycles. The van der Waals surface area contributed by atoms with Crippen molar-refractivity contribution in [3.8, 4) is 16.3 Å². The van der Waals surface area contributed by atoms with Crippen molar-refractivity contribution in [2.24, 2.45) is 0 Å². The fourth-order valence-electron chi connectivity index (χ4n) is 1.03. The summed E-state index contributed by atoms with van der Waals surface area (Å²) in [6.45, 7) is 4.03. The van der Waals surface area contributed by atoms with Crippen LogP contribution in [0.1, 0.15) is 19.4 Å². The monoisotopic (exact) mass is 166 g/mol. The van der Waals surface area contributed by atoms with E-state index < -0.39 is 0 Å². The summed E-state index contributed by atoms with van der Waals surface area (Å²) in [7, 11) is 0. The fraction of sp³-hybridized carbons (Fsp3) is 0.273. The standard InChI is InChI=1S/C11H11O.Li/c1-4-10-5-7-11(8-6-10)12-9(2)3;/h5-9H,2-3H3;. The van der Waals surface area contributed by atoms with E-state index >= 15 is 0 Å². The van der Waals surface area contributed by atoms with Crippen molar-refractivity contribution in [3.63, 3.8) is 0 Å². The molecule has 0 N–H and O–H groups in total. The second-order valence-corrected chi connectivity index (χ2v) is 3.07. The van der Waals surface area contributed by atoms with Crippen LogP contribution in [0.4, 0.5) is 0 Å². The predicted octanol–water partition coefficient (Wildman–Crippen LogP) is 1.95. The first-order chi connectivity index (χ1) is 6.22. The number of benzene rings is 1. The summed E-state index contributed by atoms with van der Waals surface area (Å²) in [6, 6.07) is 7.82. The Morgan fingerprint density at radius 2 is 1.85 bits per heavy atom. The molecule has 1 nitrogen and oxygen atoms in total. The molecule has 0 amide bonds. The molecule has 0 aliphatic rings. The molecule has 0 saturated heterocycles. The fourth-order valence-corrected chi connectivity index (χ4v) is 1.03. The van der Waals surface area contributed by atoms with Gasteiger partial charge in [-0.2, -0.15) is 0 Å². The molecule has 0 saturated carbocycles. The maximum absolute atomic E-state index is 5.50. The average molecular weight is 166 g/mol. The molecule has 0 unspecified atom stereocenters. The molecule has 62 valence electrons. The van der Waals surface area contributed by atoms with Gasteiger partial charge in [0, 0.05) is 0 Å². The third-order valence-electron chi connectivity index (χ3n) is 1.50. The molecule has 0 aliphatic heterocycles. The van der Waals surface area contributed by atoms with Crippen molar-refractivity contribution in [2.75, 3.05) is 0 Å². The van der Waals surface area contributed by atoms with Crippen LogP contribution in [0.2, 0.25) is 0 Å². The van der Waals surface area contributed by atoms with Crippen molar-refractivity contribution in [3.05, 3.63) is 29.8 Å². The first kappa shape index (κ1) is 10.3. The summed E-state index contributed by atoms with van der Waals surface area (Å²) in [6.07, 6.45) is 0.225. The third-order valence-corrected chi connectivity index (χ3v) is 1.50. The van der Waals surface area contributed by atoms with E-state index in [2.05, 4.69) is 10.5 Å². The molecular formula is C11H11LiO. The van der Waals surface area contributed by atoms with Crippen molar-refractivity contribution in [1.29, 1.82) is 0 Å². The van der Waals surface area contributed by atoms with E-state index in [-0.39, 0.29) is 6.10 Å². The first-order valence-corrected chi connectivity index (χ1v) is 4.42.